The van der Waals surface area contributed by atoms with Crippen LogP contribution in [0.5, 0.6) is 5.75 Å². The number of hydrogen-bond donors (Lipinski definition) is 0. The predicted octanol–water partition coefficient (Wildman–Crippen LogP) is 1.92. The van der Waals surface area contributed by atoms with Crippen molar-refractivity contribution in [3.8, 4) is 16.9 Å². The Balaban J connectivity index is 2.23. The van der Waals surface area contributed by atoms with Gasteiger partial charge in [0, 0.05) is 12.4 Å². The molecular weight excluding hydrogens is 226 g/mol. The molecule has 0 saturated heterocycles. The van der Waals surface area contributed by atoms with E-state index in [2.05, 4.69) is 9.17 Å². The van der Waals surface area contributed by atoms with Crippen LogP contribution in [0.15, 0.2) is 48.8 Å². The second kappa shape index (κ2) is 4.87. The minimum Gasteiger partial charge on any atom is -0.740 e. The zero-order chi connectivity index (χ0) is 11.4. The van der Waals surface area contributed by atoms with Crippen molar-refractivity contribution in [3.05, 3.63) is 48.8 Å². The van der Waals surface area contributed by atoms with Gasteiger partial charge >= 0.3 is 0 Å². The quantitative estimate of drug-likeness (QED) is 0.761. The van der Waals surface area contributed by atoms with Crippen molar-refractivity contribution in [2.45, 2.75) is 0 Å². The fourth-order valence-corrected chi connectivity index (χ4v) is 1.59. The van der Waals surface area contributed by atoms with Crippen molar-refractivity contribution in [1.29, 1.82) is 0 Å². The van der Waals surface area contributed by atoms with Crippen LogP contribution in [0.1, 0.15) is 0 Å². The molecule has 1 aromatic carbocycles. The van der Waals surface area contributed by atoms with Crippen LogP contribution in [0.2, 0.25) is 0 Å². The van der Waals surface area contributed by atoms with E-state index in [0.717, 1.165) is 11.1 Å². The van der Waals surface area contributed by atoms with Gasteiger partial charge in [-0.25, -0.2) is 4.21 Å². The molecule has 2 rings (SSSR count). The van der Waals surface area contributed by atoms with E-state index in [9.17, 15) is 8.76 Å². The highest BCUT2D eigenvalue weighted by Crippen LogP contribution is 2.21. The number of nitrogens with zero attached hydrogens (tertiary/aromatic N) is 1. The van der Waals surface area contributed by atoms with Crippen molar-refractivity contribution in [2.24, 2.45) is 0 Å². The van der Waals surface area contributed by atoms with E-state index in [1.54, 1.807) is 36.7 Å². The molecule has 1 atom stereocenters. The summed E-state index contributed by atoms with van der Waals surface area (Å²) < 4.78 is 25.1. The molecule has 0 aliphatic carbocycles. The lowest BCUT2D eigenvalue weighted by molar-refractivity contribution is 0.440. The van der Waals surface area contributed by atoms with Crippen molar-refractivity contribution >= 4 is 11.4 Å². The minimum absolute atomic E-state index is 0.297. The highest BCUT2D eigenvalue weighted by Gasteiger charge is 1.98. The normalized spacial score (nSPS) is 12.1. The monoisotopic (exact) mass is 234 g/mol. The number of pyridine rings is 1. The number of rotatable bonds is 3. The van der Waals surface area contributed by atoms with Gasteiger partial charge in [-0.1, -0.05) is 12.1 Å². The Kier molecular flexibility index (Phi) is 3.28. The average Bonchev–Trinajstić information content (AvgIpc) is 2.30. The van der Waals surface area contributed by atoms with E-state index in [-0.39, 0.29) is 0 Å². The van der Waals surface area contributed by atoms with Crippen LogP contribution in [-0.4, -0.2) is 13.7 Å². The van der Waals surface area contributed by atoms with Gasteiger partial charge in [0.25, 0.3) is 0 Å². The number of aromatic nitrogens is 1. The minimum atomic E-state index is -2.53. The van der Waals surface area contributed by atoms with Crippen LogP contribution in [-0.2, 0) is 11.4 Å². The molecule has 0 amide bonds. The third-order valence-corrected chi connectivity index (χ3v) is 2.36. The Morgan fingerprint density at radius 1 is 1.00 bits per heavy atom. The molecule has 0 saturated carbocycles. The van der Waals surface area contributed by atoms with E-state index >= 15 is 0 Å². The first-order valence-electron chi connectivity index (χ1n) is 4.54. The van der Waals surface area contributed by atoms with Crippen LogP contribution >= 0.6 is 0 Å². The summed E-state index contributed by atoms with van der Waals surface area (Å²) in [5, 5.41) is 0. The van der Waals surface area contributed by atoms with E-state index < -0.39 is 11.4 Å². The first-order valence-corrected chi connectivity index (χ1v) is 5.54. The van der Waals surface area contributed by atoms with Crippen LogP contribution in [0, 0.1) is 0 Å². The Bertz CT molecular complexity index is 484. The third kappa shape index (κ3) is 2.65. The van der Waals surface area contributed by atoms with Crippen LogP contribution < -0.4 is 4.18 Å². The molecule has 0 aliphatic rings. The first kappa shape index (κ1) is 10.8. The van der Waals surface area contributed by atoms with Gasteiger partial charge in [-0.15, -0.1) is 0 Å². The van der Waals surface area contributed by atoms with Gasteiger partial charge in [0.15, 0.2) is 0 Å². The fraction of sp³-hybridized carbons (Fsp3) is 0. The molecule has 5 heteroatoms. The lowest BCUT2D eigenvalue weighted by Gasteiger charge is -2.07. The van der Waals surface area contributed by atoms with Gasteiger partial charge < -0.3 is 8.74 Å². The maximum Gasteiger partial charge on any atom is 0.139 e. The molecule has 0 fully saturated rings. The molecule has 0 bridgehead atoms. The topological polar surface area (TPSA) is 62.2 Å². The standard InChI is InChI=1S/C11H9NO3S/c13-16(14)15-11-3-1-9(2-4-11)10-5-7-12-8-6-10/h1-8H,(H,13,14)/p-1. The van der Waals surface area contributed by atoms with Crippen molar-refractivity contribution in [1.82, 2.24) is 4.98 Å². The zero-order valence-corrected chi connectivity index (χ0v) is 9.02. The van der Waals surface area contributed by atoms with Crippen LogP contribution in [0.25, 0.3) is 11.1 Å². The lowest BCUT2D eigenvalue weighted by atomic mass is 10.1. The number of hydrogen-bond acceptors (Lipinski definition) is 4. The first-order chi connectivity index (χ1) is 7.75. The SMILES string of the molecule is O=S([O-])Oc1ccc(-c2ccncc2)cc1. The smallest absolute Gasteiger partial charge is 0.139 e. The van der Waals surface area contributed by atoms with Crippen LogP contribution in [0.3, 0.4) is 0 Å². The maximum absolute atomic E-state index is 10.3. The van der Waals surface area contributed by atoms with E-state index in [4.69, 9.17) is 0 Å². The molecule has 2 aromatic rings. The van der Waals surface area contributed by atoms with Crippen LogP contribution in [0.4, 0.5) is 0 Å². The highest BCUT2D eigenvalue weighted by molar-refractivity contribution is 7.74. The molecule has 1 aromatic heterocycles. The Labute approximate surface area is 95.4 Å². The van der Waals surface area contributed by atoms with Gasteiger partial charge in [0.1, 0.15) is 17.1 Å². The molecular formula is C11H8NO3S-. The zero-order valence-electron chi connectivity index (χ0n) is 8.20. The number of benzene rings is 1. The molecule has 1 heterocycles. The fourth-order valence-electron chi connectivity index (χ4n) is 1.33. The Hall–Kier alpha value is -1.72. The summed E-state index contributed by atoms with van der Waals surface area (Å²) in [6.07, 6.45) is 3.40. The highest BCUT2D eigenvalue weighted by atomic mass is 32.2. The van der Waals surface area contributed by atoms with E-state index in [1.807, 2.05) is 12.1 Å². The predicted molar refractivity (Wildman–Crippen MR) is 59.2 cm³/mol. The molecule has 0 aliphatic heterocycles. The Morgan fingerprint density at radius 2 is 1.56 bits per heavy atom. The molecule has 0 N–H and O–H groups in total. The average molecular weight is 234 g/mol. The molecule has 0 spiro atoms. The summed E-state index contributed by atoms with van der Waals surface area (Å²) in [6, 6.07) is 10.5. The summed E-state index contributed by atoms with van der Waals surface area (Å²) in [4.78, 5) is 3.92. The summed E-state index contributed by atoms with van der Waals surface area (Å²) >= 11 is -2.53. The summed E-state index contributed by atoms with van der Waals surface area (Å²) in [5.41, 5.74) is 2.00. The summed E-state index contributed by atoms with van der Waals surface area (Å²) in [6.45, 7) is 0. The van der Waals surface area contributed by atoms with Crippen molar-refractivity contribution in [3.63, 3.8) is 0 Å². The van der Waals surface area contributed by atoms with Gasteiger partial charge in [-0.3, -0.25) is 4.98 Å². The summed E-state index contributed by atoms with van der Waals surface area (Å²) in [5.74, 6) is 0.297. The third-order valence-electron chi connectivity index (χ3n) is 2.03. The molecule has 4 nitrogen and oxygen atoms in total. The molecule has 1 unspecified atom stereocenters. The lowest BCUT2D eigenvalue weighted by Crippen LogP contribution is -1.97. The van der Waals surface area contributed by atoms with Crippen molar-refractivity contribution in [2.75, 3.05) is 0 Å². The molecule has 82 valence electrons. The van der Waals surface area contributed by atoms with Crippen molar-refractivity contribution < 1.29 is 12.9 Å². The summed E-state index contributed by atoms with van der Waals surface area (Å²) in [7, 11) is 0. The van der Waals surface area contributed by atoms with E-state index in [1.165, 1.54) is 0 Å². The Morgan fingerprint density at radius 3 is 2.12 bits per heavy atom. The molecule has 16 heavy (non-hydrogen) atoms. The van der Waals surface area contributed by atoms with Gasteiger partial charge in [-0.05, 0) is 35.4 Å². The largest absolute Gasteiger partial charge is 0.740 e. The maximum atomic E-state index is 10.3. The second-order valence-electron chi connectivity index (χ2n) is 3.05. The second-order valence-corrected chi connectivity index (χ2v) is 3.62. The molecule has 0 radical (unpaired) electrons. The van der Waals surface area contributed by atoms with Gasteiger partial charge in [0.2, 0.25) is 0 Å². The van der Waals surface area contributed by atoms with Gasteiger partial charge in [0.05, 0.1) is 0 Å². The van der Waals surface area contributed by atoms with Gasteiger partial charge in [-0.2, -0.15) is 0 Å². The van der Waals surface area contributed by atoms with E-state index in [0.29, 0.717) is 5.75 Å².